The van der Waals surface area contributed by atoms with Crippen LogP contribution in [0.15, 0.2) is 30.4 Å². The molecule has 0 aliphatic heterocycles. The number of carbonyl (C=O) groups is 1. The molecular weight excluding hydrogens is 176 g/mol. The van der Waals surface area contributed by atoms with Crippen molar-refractivity contribution < 1.29 is 9.90 Å². The van der Waals surface area contributed by atoms with Crippen molar-refractivity contribution in [3.63, 3.8) is 0 Å². The minimum Gasteiger partial charge on any atom is -0.478 e. The molecular formula is C12H14O2. The van der Waals surface area contributed by atoms with Gasteiger partial charge in [-0.1, -0.05) is 30.3 Å². The maximum atomic E-state index is 10.6. The maximum Gasteiger partial charge on any atom is 0.331 e. The first-order valence-electron chi connectivity index (χ1n) is 4.48. The molecule has 0 saturated heterocycles. The van der Waals surface area contributed by atoms with Crippen LogP contribution in [0.4, 0.5) is 0 Å². The van der Waals surface area contributed by atoms with Gasteiger partial charge < -0.3 is 5.11 Å². The van der Waals surface area contributed by atoms with Crippen LogP contribution in [-0.2, 0) is 11.2 Å². The minimum absolute atomic E-state index is 0.235. The summed E-state index contributed by atoms with van der Waals surface area (Å²) in [6.07, 6.45) is 0.419. The molecule has 14 heavy (non-hydrogen) atoms. The predicted octanol–water partition coefficient (Wildman–Crippen LogP) is 2.49. The molecule has 0 radical (unpaired) electrons. The zero-order valence-electron chi connectivity index (χ0n) is 8.50. The largest absolute Gasteiger partial charge is 0.478 e. The van der Waals surface area contributed by atoms with Gasteiger partial charge in [0.05, 0.1) is 0 Å². The SMILES string of the molecule is C=C(Cc1cc(C)ccc1C)C(=O)O. The lowest BCUT2D eigenvalue weighted by Crippen LogP contribution is -2.03. The normalized spacial score (nSPS) is 9.86. The number of rotatable bonds is 3. The molecule has 1 rings (SSSR count). The van der Waals surface area contributed by atoms with E-state index in [0.717, 1.165) is 16.7 Å². The Labute approximate surface area is 83.9 Å². The molecule has 1 aromatic rings. The van der Waals surface area contributed by atoms with E-state index in [-0.39, 0.29) is 5.57 Å². The van der Waals surface area contributed by atoms with E-state index in [1.807, 2.05) is 32.0 Å². The minimum atomic E-state index is -0.925. The van der Waals surface area contributed by atoms with E-state index in [9.17, 15) is 4.79 Å². The van der Waals surface area contributed by atoms with E-state index < -0.39 is 5.97 Å². The first-order chi connectivity index (χ1) is 6.50. The van der Waals surface area contributed by atoms with Crippen LogP contribution in [0.25, 0.3) is 0 Å². The van der Waals surface area contributed by atoms with Crippen molar-refractivity contribution in [2.24, 2.45) is 0 Å². The number of benzene rings is 1. The van der Waals surface area contributed by atoms with Gasteiger partial charge in [0.1, 0.15) is 0 Å². The van der Waals surface area contributed by atoms with Gasteiger partial charge in [0.25, 0.3) is 0 Å². The van der Waals surface area contributed by atoms with E-state index in [2.05, 4.69) is 6.58 Å². The first kappa shape index (κ1) is 10.5. The van der Waals surface area contributed by atoms with Gasteiger partial charge in [-0.05, 0) is 25.0 Å². The molecule has 0 fully saturated rings. The third kappa shape index (κ3) is 2.46. The van der Waals surface area contributed by atoms with Crippen molar-refractivity contribution in [3.8, 4) is 0 Å². The molecule has 1 N–H and O–H groups in total. The van der Waals surface area contributed by atoms with Crippen molar-refractivity contribution in [1.82, 2.24) is 0 Å². The standard InChI is InChI=1S/C12H14O2/c1-8-4-5-9(2)11(6-8)7-10(3)12(13)14/h4-6H,3,7H2,1-2H3,(H,13,14). The van der Waals surface area contributed by atoms with E-state index in [4.69, 9.17) is 5.11 Å². The molecule has 0 heterocycles. The monoisotopic (exact) mass is 190 g/mol. The molecule has 0 aliphatic rings. The Morgan fingerprint density at radius 3 is 2.64 bits per heavy atom. The molecule has 0 spiro atoms. The molecule has 0 unspecified atom stereocenters. The number of hydrogen-bond acceptors (Lipinski definition) is 1. The molecule has 2 nitrogen and oxygen atoms in total. The lowest BCUT2D eigenvalue weighted by molar-refractivity contribution is -0.132. The number of aliphatic carboxylic acids is 1. The molecule has 0 atom stereocenters. The highest BCUT2D eigenvalue weighted by Crippen LogP contribution is 2.14. The smallest absolute Gasteiger partial charge is 0.331 e. The molecule has 0 amide bonds. The summed E-state index contributed by atoms with van der Waals surface area (Å²) >= 11 is 0. The zero-order valence-corrected chi connectivity index (χ0v) is 8.50. The number of hydrogen-bond donors (Lipinski definition) is 1. The predicted molar refractivity (Wildman–Crippen MR) is 56.4 cm³/mol. The van der Waals surface area contributed by atoms with Gasteiger partial charge in [-0.15, -0.1) is 0 Å². The van der Waals surface area contributed by atoms with E-state index in [1.54, 1.807) is 0 Å². The highest BCUT2D eigenvalue weighted by Gasteiger charge is 2.06. The number of carboxylic acid groups (broad SMARTS) is 1. The second-order valence-electron chi connectivity index (χ2n) is 3.52. The second kappa shape index (κ2) is 4.09. The molecule has 74 valence electrons. The van der Waals surface area contributed by atoms with Gasteiger partial charge in [-0.25, -0.2) is 4.79 Å². The van der Waals surface area contributed by atoms with Crippen molar-refractivity contribution in [2.75, 3.05) is 0 Å². The summed E-state index contributed by atoms with van der Waals surface area (Å²) in [5.41, 5.74) is 3.53. The van der Waals surface area contributed by atoms with Crippen LogP contribution < -0.4 is 0 Å². The Morgan fingerprint density at radius 1 is 1.43 bits per heavy atom. The fourth-order valence-corrected chi connectivity index (χ4v) is 1.30. The van der Waals surface area contributed by atoms with Crippen LogP contribution in [-0.4, -0.2) is 11.1 Å². The summed E-state index contributed by atoms with van der Waals surface area (Å²) in [6, 6.07) is 6.02. The van der Waals surface area contributed by atoms with Crippen molar-refractivity contribution in [3.05, 3.63) is 47.0 Å². The molecule has 0 bridgehead atoms. The van der Waals surface area contributed by atoms with Gasteiger partial charge in [0.2, 0.25) is 0 Å². The van der Waals surface area contributed by atoms with Crippen LogP contribution in [0, 0.1) is 13.8 Å². The third-order valence-corrected chi connectivity index (χ3v) is 2.21. The lowest BCUT2D eigenvalue weighted by Gasteiger charge is -2.06. The molecule has 0 aliphatic carbocycles. The summed E-state index contributed by atoms with van der Waals surface area (Å²) in [4.78, 5) is 10.6. The quantitative estimate of drug-likeness (QED) is 0.743. The summed E-state index contributed by atoms with van der Waals surface area (Å²) in [6.45, 7) is 7.49. The molecule has 0 saturated carbocycles. The highest BCUT2D eigenvalue weighted by atomic mass is 16.4. The Morgan fingerprint density at radius 2 is 2.07 bits per heavy atom. The fourth-order valence-electron chi connectivity index (χ4n) is 1.30. The average molecular weight is 190 g/mol. The molecule has 2 heteroatoms. The van der Waals surface area contributed by atoms with E-state index >= 15 is 0 Å². The Balaban J connectivity index is 2.91. The second-order valence-corrected chi connectivity index (χ2v) is 3.52. The van der Waals surface area contributed by atoms with Crippen LogP contribution >= 0.6 is 0 Å². The highest BCUT2D eigenvalue weighted by molar-refractivity contribution is 5.86. The summed E-state index contributed by atoms with van der Waals surface area (Å²) in [5, 5.41) is 8.70. The summed E-state index contributed by atoms with van der Waals surface area (Å²) in [7, 11) is 0. The zero-order chi connectivity index (χ0) is 10.7. The Bertz CT molecular complexity index is 378. The number of aryl methyl sites for hydroxylation is 2. The first-order valence-corrected chi connectivity index (χ1v) is 4.48. The molecule has 1 aromatic carbocycles. The van der Waals surface area contributed by atoms with Gasteiger partial charge in [0.15, 0.2) is 0 Å². The van der Waals surface area contributed by atoms with Crippen molar-refractivity contribution >= 4 is 5.97 Å². The maximum absolute atomic E-state index is 10.6. The van der Waals surface area contributed by atoms with Gasteiger partial charge >= 0.3 is 5.97 Å². The van der Waals surface area contributed by atoms with Crippen LogP contribution in [0.3, 0.4) is 0 Å². The van der Waals surface area contributed by atoms with Crippen molar-refractivity contribution in [1.29, 1.82) is 0 Å². The van der Waals surface area contributed by atoms with E-state index in [0.29, 0.717) is 6.42 Å². The lowest BCUT2D eigenvalue weighted by atomic mass is 9.99. The summed E-state index contributed by atoms with van der Waals surface area (Å²) < 4.78 is 0. The van der Waals surface area contributed by atoms with Crippen LogP contribution in [0.2, 0.25) is 0 Å². The topological polar surface area (TPSA) is 37.3 Å². The van der Waals surface area contributed by atoms with Crippen molar-refractivity contribution in [2.45, 2.75) is 20.3 Å². The van der Waals surface area contributed by atoms with Gasteiger partial charge in [0, 0.05) is 12.0 Å². The van der Waals surface area contributed by atoms with Gasteiger partial charge in [-0.2, -0.15) is 0 Å². The average Bonchev–Trinajstić information content (AvgIpc) is 2.11. The van der Waals surface area contributed by atoms with E-state index in [1.165, 1.54) is 0 Å². The molecule has 0 aromatic heterocycles. The summed E-state index contributed by atoms with van der Waals surface area (Å²) in [5.74, 6) is -0.925. The van der Waals surface area contributed by atoms with Crippen LogP contribution in [0.1, 0.15) is 16.7 Å². The van der Waals surface area contributed by atoms with Crippen LogP contribution in [0.5, 0.6) is 0 Å². The Hall–Kier alpha value is -1.57. The third-order valence-electron chi connectivity index (χ3n) is 2.21. The fraction of sp³-hybridized carbons (Fsp3) is 0.250. The Kier molecular flexibility index (Phi) is 3.07. The number of carboxylic acids is 1. The van der Waals surface area contributed by atoms with Gasteiger partial charge in [-0.3, -0.25) is 0 Å².